The number of ether oxygens (including phenoxy) is 2. The van der Waals surface area contributed by atoms with Gasteiger partial charge in [0.1, 0.15) is 23.0 Å². The van der Waals surface area contributed by atoms with E-state index in [0.717, 1.165) is 33.8 Å². The Labute approximate surface area is 217 Å². The van der Waals surface area contributed by atoms with Crippen LogP contribution >= 0.6 is 15.9 Å². The molecule has 0 radical (unpaired) electrons. The highest BCUT2D eigenvalue weighted by molar-refractivity contribution is 9.10. The van der Waals surface area contributed by atoms with Crippen LogP contribution < -0.4 is 10.1 Å². The number of methoxy groups -OCH3 is 1. The molecule has 0 aromatic heterocycles. The minimum Gasteiger partial charge on any atom is -0.496 e. The molecule has 10 heteroatoms. The lowest BCUT2D eigenvalue weighted by atomic mass is 9.86. The van der Waals surface area contributed by atoms with Crippen LogP contribution in [0.1, 0.15) is 44.4 Å². The first-order valence-electron chi connectivity index (χ1n) is 11.5. The van der Waals surface area contributed by atoms with Gasteiger partial charge in [0.2, 0.25) is 5.91 Å². The van der Waals surface area contributed by atoms with Gasteiger partial charge in [-0.15, -0.1) is 0 Å². The molecule has 3 rings (SSSR count). The summed E-state index contributed by atoms with van der Waals surface area (Å²) in [7, 11) is 1.53. The zero-order chi connectivity index (χ0) is 26.8. The molecule has 3 atom stereocenters. The Hall–Kier alpha value is -2.72. The predicted octanol–water partition coefficient (Wildman–Crippen LogP) is 4.51. The first-order chi connectivity index (χ1) is 16.8. The molecular formula is C26H31BrF2N2O5. The van der Waals surface area contributed by atoms with Gasteiger partial charge in [-0.2, -0.15) is 0 Å². The fourth-order valence-electron chi connectivity index (χ4n) is 4.43. The lowest BCUT2D eigenvalue weighted by Crippen LogP contribution is -2.58. The zero-order valence-corrected chi connectivity index (χ0v) is 22.5. The molecule has 1 unspecified atom stereocenters. The van der Waals surface area contributed by atoms with E-state index in [4.69, 9.17) is 9.47 Å². The van der Waals surface area contributed by atoms with Crippen molar-refractivity contribution in [2.24, 2.45) is 0 Å². The maximum atomic E-state index is 13.8. The lowest BCUT2D eigenvalue weighted by molar-refractivity contribution is -0.121. The van der Waals surface area contributed by atoms with Gasteiger partial charge in [-0.1, -0.05) is 15.9 Å². The van der Waals surface area contributed by atoms with Crippen molar-refractivity contribution in [3.8, 4) is 5.75 Å². The molecule has 1 heterocycles. The van der Waals surface area contributed by atoms with Crippen LogP contribution in [-0.4, -0.2) is 52.9 Å². The van der Waals surface area contributed by atoms with Crippen molar-refractivity contribution in [3.63, 3.8) is 0 Å². The van der Waals surface area contributed by atoms with Crippen molar-refractivity contribution in [2.45, 2.75) is 70.9 Å². The molecule has 0 saturated heterocycles. The van der Waals surface area contributed by atoms with E-state index in [0.29, 0.717) is 5.75 Å². The number of carbonyl (C=O) groups is 2. The van der Waals surface area contributed by atoms with Gasteiger partial charge in [0.25, 0.3) is 0 Å². The number of carbonyl (C=O) groups excluding carboxylic acids is 2. The molecule has 0 spiro atoms. The summed E-state index contributed by atoms with van der Waals surface area (Å²) in [6, 6.07) is 4.90. The SMILES string of the molecule is COc1ccc(Br)c2c1CN(C(=O)OC(C)(C)C)C([C@@H](O)[C@H](Cc1cc(F)cc(F)c1)NC(C)=O)C2. The van der Waals surface area contributed by atoms with Gasteiger partial charge < -0.3 is 19.9 Å². The number of fused-ring (bicyclic) bond motifs is 1. The van der Waals surface area contributed by atoms with Gasteiger partial charge in [0.05, 0.1) is 31.8 Å². The Morgan fingerprint density at radius 3 is 2.39 bits per heavy atom. The third kappa shape index (κ3) is 6.73. The summed E-state index contributed by atoms with van der Waals surface area (Å²) < 4.78 is 39.6. The second kappa shape index (κ2) is 11.1. The molecule has 1 aliphatic rings. The summed E-state index contributed by atoms with van der Waals surface area (Å²) in [5.41, 5.74) is 1.08. The average molecular weight is 569 g/mol. The van der Waals surface area contributed by atoms with Crippen molar-refractivity contribution in [1.29, 1.82) is 0 Å². The van der Waals surface area contributed by atoms with Gasteiger partial charge in [0, 0.05) is 23.0 Å². The first-order valence-corrected chi connectivity index (χ1v) is 12.3. The highest BCUT2D eigenvalue weighted by Crippen LogP contribution is 2.37. The minimum atomic E-state index is -1.29. The van der Waals surface area contributed by atoms with E-state index in [1.165, 1.54) is 18.9 Å². The third-order valence-corrected chi connectivity index (χ3v) is 6.64. The molecular weight excluding hydrogens is 538 g/mol. The number of rotatable bonds is 6. The summed E-state index contributed by atoms with van der Waals surface area (Å²) >= 11 is 3.55. The quantitative estimate of drug-likeness (QED) is 0.535. The molecule has 196 valence electrons. The van der Waals surface area contributed by atoms with Crippen LogP contribution in [0.25, 0.3) is 0 Å². The summed E-state index contributed by atoms with van der Waals surface area (Å²) in [5.74, 6) is -1.37. The molecule has 2 amide bonds. The van der Waals surface area contributed by atoms with Crippen LogP contribution in [0.5, 0.6) is 5.75 Å². The number of aliphatic hydroxyl groups is 1. The van der Waals surface area contributed by atoms with Crippen molar-refractivity contribution >= 4 is 27.9 Å². The maximum absolute atomic E-state index is 13.8. The summed E-state index contributed by atoms with van der Waals surface area (Å²) in [6.07, 6.45) is -1.77. The predicted molar refractivity (Wildman–Crippen MR) is 134 cm³/mol. The maximum Gasteiger partial charge on any atom is 0.410 e. The molecule has 2 aromatic rings. The van der Waals surface area contributed by atoms with Crippen LogP contribution in [-0.2, 0) is 28.9 Å². The van der Waals surface area contributed by atoms with E-state index in [1.54, 1.807) is 26.8 Å². The van der Waals surface area contributed by atoms with Crippen LogP contribution in [0, 0.1) is 11.6 Å². The largest absolute Gasteiger partial charge is 0.496 e. The van der Waals surface area contributed by atoms with Crippen LogP contribution in [0.3, 0.4) is 0 Å². The summed E-state index contributed by atoms with van der Waals surface area (Å²) in [4.78, 5) is 26.7. The fourth-order valence-corrected chi connectivity index (χ4v) is 4.96. The third-order valence-electron chi connectivity index (χ3n) is 5.89. The Morgan fingerprint density at radius 1 is 1.19 bits per heavy atom. The molecule has 1 aliphatic heterocycles. The average Bonchev–Trinajstić information content (AvgIpc) is 2.75. The topological polar surface area (TPSA) is 88.1 Å². The molecule has 36 heavy (non-hydrogen) atoms. The van der Waals surface area contributed by atoms with E-state index in [2.05, 4.69) is 21.2 Å². The Bertz CT molecular complexity index is 1120. The normalized spacial score (nSPS) is 17.1. The van der Waals surface area contributed by atoms with Gasteiger partial charge in [-0.3, -0.25) is 9.69 Å². The zero-order valence-electron chi connectivity index (χ0n) is 20.9. The summed E-state index contributed by atoms with van der Waals surface area (Å²) in [5, 5.41) is 14.2. The van der Waals surface area contributed by atoms with E-state index >= 15 is 0 Å². The Balaban J connectivity index is 2.03. The van der Waals surface area contributed by atoms with Crippen LogP contribution in [0.15, 0.2) is 34.8 Å². The fraction of sp³-hybridized carbons (Fsp3) is 0.462. The molecule has 0 saturated carbocycles. The monoisotopic (exact) mass is 568 g/mol. The summed E-state index contributed by atoms with van der Waals surface area (Å²) in [6.45, 7) is 6.60. The number of nitrogens with one attached hydrogen (secondary N) is 1. The number of benzene rings is 2. The first kappa shape index (κ1) is 27.9. The number of hydrogen-bond donors (Lipinski definition) is 2. The Kier molecular flexibility index (Phi) is 8.61. The molecule has 0 fully saturated rings. The molecule has 2 N–H and O–H groups in total. The lowest BCUT2D eigenvalue weighted by Gasteiger charge is -2.42. The molecule has 0 bridgehead atoms. The van der Waals surface area contributed by atoms with E-state index < -0.39 is 47.4 Å². The number of nitrogens with zero attached hydrogens (tertiary/aromatic N) is 1. The number of halogens is 3. The van der Waals surface area contributed by atoms with E-state index in [9.17, 15) is 23.5 Å². The second-order valence-electron chi connectivity index (χ2n) is 9.87. The number of hydrogen-bond acceptors (Lipinski definition) is 5. The van der Waals surface area contributed by atoms with Crippen molar-refractivity contribution in [3.05, 3.63) is 63.1 Å². The van der Waals surface area contributed by atoms with Crippen molar-refractivity contribution in [1.82, 2.24) is 10.2 Å². The minimum absolute atomic E-state index is 0.0553. The van der Waals surface area contributed by atoms with Gasteiger partial charge >= 0.3 is 6.09 Å². The molecule has 0 aliphatic carbocycles. The van der Waals surface area contributed by atoms with Gasteiger partial charge in [-0.25, -0.2) is 13.6 Å². The standard InChI is InChI=1S/C26H31BrF2N2O5/c1-14(32)30-21(10-15-8-16(28)11-17(29)9-15)24(33)22-12-18-19(23(35-5)7-6-20(18)27)13-31(22)25(34)36-26(2,3)4/h6-9,11,21-22,24,33H,10,12-13H2,1-5H3,(H,30,32)/t21-,22?,24-/m0/s1. The molecule has 2 aromatic carbocycles. The number of aliphatic hydroxyl groups excluding tert-OH is 1. The highest BCUT2D eigenvalue weighted by atomic mass is 79.9. The van der Waals surface area contributed by atoms with Gasteiger partial charge in [0.15, 0.2) is 0 Å². The Morgan fingerprint density at radius 2 is 1.83 bits per heavy atom. The van der Waals surface area contributed by atoms with Crippen molar-refractivity contribution < 1.29 is 33.0 Å². The highest BCUT2D eigenvalue weighted by Gasteiger charge is 2.41. The van der Waals surface area contributed by atoms with Gasteiger partial charge in [-0.05, 0) is 69.0 Å². The second-order valence-corrected chi connectivity index (χ2v) is 10.7. The van der Waals surface area contributed by atoms with E-state index in [1.807, 2.05) is 6.07 Å². The smallest absolute Gasteiger partial charge is 0.410 e. The van der Waals surface area contributed by atoms with Crippen LogP contribution in [0.2, 0.25) is 0 Å². The number of amides is 2. The van der Waals surface area contributed by atoms with Crippen LogP contribution in [0.4, 0.5) is 13.6 Å². The van der Waals surface area contributed by atoms with E-state index in [-0.39, 0.29) is 24.9 Å². The van der Waals surface area contributed by atoms with Crippen molar-refractivity contribution in [2.75, 3.05) is 7.11 Å². The molecule has 7 nitrogen and oxygen atoms in total.